The first-order chi connectivity index (χ1) is 20.7. The van der Waals surface area contributed by atoms with E-state index in [1.807, 2.05) is 30.3 Å². The number of fused-ring (bicyclic) bond motifs is 1. The average molecular weight is 620 g/mol. The third-order valence-electron chi connectivity index (χ3n) is 6.34. The van der Waals surface area contributed by atoms with Crippen LogP contribution in [0.4, 0.5) is 11.0 Å². The van der Waals surface area contributed by atoms with E-state index in [4.69, 9.17) is 9.15 Å². The van der Waals surface area contributed by atoms with Crippen LogP contribution in [-0.4, -0.2) is 48.4 Å². The highest BCUT2D eigenvalue weighted by atomic mass is 32.2. The number of carbonyl (C=O) groups excluding carboxylic acids is 1. The van der Waals surface area contributed by atoms with Gasteiger partial charge in [0.2, 0.25) is 15.2 Å². The van der Waals surface area contributed by atoms with Crippen LogP contribution >= 0.6 is 11.3 Å². The summed E-state index contributed by atoms with van der Waals surface area (Å²) in [7, 11) is -2.31. The van der Waals surface area contributed by atoms with Gasteiger partial charge in [-0.15, -0.1) is 0 Å². The fourth-order valence-electron chi connectivity index (χ4n) is 4.12. The summed E-state index contributed by atoms with van der Waals surface area (Å²) in [5.41, 5.74) is 1.59. The van der Waals surface area contributed by atoms with Gasteiger partial charge >= 0.3 is 5.88 Å². The van der Waals surface area contributed by atoms with Crippen molar-refractivity contribution in [3.8, 4) is 5.75 Å². The first-order valence-corrected chi connectivity index (χ1v) is 15.2. The Morgan fingerprint density at radius 3 is 2.49 bits per heavy atom. The highest BCUT2D eigenvalue weighted by Crippen LogP contribution is 2.33. The third kappa shape index (κ3) is 6.45. The maximum atomic E-state index is 13.7. The molecule has 0 saturated carbocycles. The number of rotatable bonds is 11. The van der Waals surface area contributed by atoms with Gasteiger partial charge < -0.3 is 9.15 Å². The summed E-state index contributed by atoms with van der Waals surface area (Å²) in [5, 5.41) is 16.5. The van der Waals surface area contributed by atoms with E-state index in [1.165, 1.54) is 65.4 Å². The van der Waals surface area contributed by atoms with Gasteiger partial charge in [0, 0.05) is 18.7 Å². The molecule has 43 heavy (non-hydrogen) atoms. The number of amides is 1. The highest BCUT2D eigenvalue weighted by molar-refractivity contribution is 7.89. The molecule has 0 fully saturated rings. The van der Waals surface area contributed by atoms with Crippen LogP contribution in [0.2, 0.25) is 0 Å². The van der Waals surface area contributed by atoms with Gasteiger partial charge in [0.05, 0.1) is 34.5 Å². The molecule has 220 valence electrons. The fraction of sp³-hybridized carbons (Fsp3) is 0.138. The molecule has 5 aromatic rings. The molecule has 0 N–H and O–H groups in total. The van der Waals surface area contributed by atoms with Gasteiger partial charge in [-0.1, -0.05) is 48.6 Å². The predicted octanol–water partition coefficient (Wildman–Crippen LogP) is 5.70. The SMILES string of the molecule is CCN(Cc1ccccc1)S(=O)(=O)c1ccc(C(=O)N(/N=C/c2ccc([N+](=O)[O-])o2)c2nc3ccc(OC)cc3s2)cc1. The van der Waals surface area contributed by atoms with Gasteiger partial charge in [-0.25, -0.2) is 13.4 Å². The molecule has 0 bridgehead atoms. The smallest absolute Gasteiger partial charge is 0.433 e. The molecule has 12 nitrogen and oxygen atoms in total. The molecule has 14 heteroatoms. The number of carbonyl (C=O) groups is 1. The number of sulfonamides is 1. The number of ether oxygens (including phenoxy) is 1. The quantitative estimate of drug-likeness (QED) is 0.104. The second kappa shape index (κ2) is 12.5. The normalized spacial score (nSPS) is 11.8. The number of methoxy groups -OCH3 is 1. The maximum absolute atomic E-state index is 13.7. The van der Waals surface area contributed by atoms with E-state index in [0.29, 0.717) is 11.3 Å². The minimum absolute atomic E-state index is 0.0341. The van der Waals surface area contributed by atoms with Crippen molar-refractivity contribution in [3.63, 3.8) is 0 Å². The lowest BCUT2D eigenvalue weighted by atomic mass is 10.2. The van der Waals surface area contributed by atoms with Crippen molar-refractivity contribution in [2.24, 2.45) is 5.10 Å². The van der Waals surface area contributed by atoms with Crippen LogP contribution in [0.1, 0.15) is 28.6 Å². The number of hydrogen-bond acceptors (Lipinski definition) is 10. The largest absolute Gasteiger partial charge is 0.497 e. The summed E-state index contributed by atoms with van der Waals surface area (Å²) in [5.74, 6) is -0.426. The molecule has 1 amide bonds. The van der Waals surface area contributed by atoms with Crippen LogP contribution in [0.5, 0.6) is 5.75 Å². The Balaban J connectivity index is 1.46. The van der Waals surface area contributed by atoms with Gasteiger partial charge in [0.1, 0.15) is 10.7 Å². The molecular formula is C29H25N5O7S2. The van der Waals surface area contributed by atoms with Crippen molar-refractivity contribution in [2.75, 3.05) is 18.7 Å². The average Bonchev–Trinajstić information content (AvgIpc) is 3.67. The number of thiazole rings is 1. The summed E-state index contributed by atoms with van der Waals surface area (Å²) < 4.78 is 39.3. The highest BCUT2D eigenvalue weighted by Gasteiger charge is 2.26. The Morgan fingerprint density at radius 1 is 1.09 bits per heavy atom. The lowest BCUT2D eigenvalue weighted by Crippen LogP contribution is -2.30. The third-order valence-corrected chi connectivity index (χ3v) is 9.27. The number of hydrazone groups is 1. The summed E-state index contributed by atoms with van der Waals surface area (Å²) >= 11 is 1.18. The second-order valence-electron chi connectivity index (χ2n) is 9.07. The van der Waals surface area contributed by atoms with Crippen LogP contribution in [0.15, 0.2) is 99.3 Å². The van der Waals surface area contributed by atoms with Crippen LogP contribution in [0.25, 0.3) is 10.2 Å². The molecule has 2 aromatic heterocycles. The van der Waals surface area contributed by atoms with Crippen molar-refractivity contribution >= 4 is 54.7 Å². The Kier molecular flexibility index (Phi) is 8.61. The molecule has 3 aromatic carbocycles. The van der Waals surface area contributed by atoms with Gasteiger partial charge in [0.15, 0.2) is 5.76 Å². The Bertz CT molecular complexity index is 1900. The molecule has 0 aliphatic heterocycles. The van der Waals surface area contributed by atoms with Crippen molar-refractivity contribution in [2.45, 2.75) is 18.4 Å². The number of aromatic nitrogens is 1. The van der Waals surface area contributed by atoms with Gasteiger partial charge in [-0.2, -0.15) is 14.4 Å². The van der Waals surface area contributed by atoms with E-state index in [1.54, 1.807) is 25.1 Å². The number of benzene rings is 3. The molecule has 2 heterocycles. The molecular weight excluding hydrogens is 594 g/mol. The molecule has 0 unspecified atom stereocenters. The molecule has 0 spiro atoms. The Hall–Kier alpha value is -4.92. The van der Waals surface area contributed by atoms with Gasteiger partial charge in [-0.05, 0) is 54.1 Å². The lowest BCUT2D eigenvalue weighted by molar-refractivity contribution is -0.402. The molecule has 0 atom stereocenters. The number of nitrogens with zero attached hydrogens (tertiary/aromatic N) is 5. The summed E-state index contributed by atoms with van der Waals surface area (Å²) in [6.07, 6.45) is 1.17. The summed E-state index contributed by atoms with van der Waals surface area (Å²) in [6, 6.07) is 22.6. The van der Waals surface area contributed by atoms with Gasteiger partial charge in [-0.3, -0.25) is 14.9 Å². The predicted molar refractivity (Wildman–Crippen MR) is 162 cm³/mol. The van der Waals surface area contributed by atoms with Crippen LogP contribution in [0.3, 0.4) is 0 Å². The molecule has 0 radical (unpaired) electrons. The zero-order valence-electron chi connectivity index (χ0n) is 23.0. The van der Waals surface area contributed by atoms with Crippen LogP contribution in [0, 0.1) is 10.1 Å². The fourth-order valence-corrected chi connectivity index (χ4v) is 6.51. The Morgan fingerprint density at radius 2 is 1.84 bits per heavy atom. The molecule has 0 aliphatic carbocycles. The van der Waals surface area contributed by atoms with E-state index in [9.17, 15) is 23.3 Å². The lowest BCUT2D eigenvalue weighted by Gasteiger charge is -2.21. The summed E-state index contributed by atoms with van der Waals surface area (Å²) in [4.78, 5) is 28.6. The number of furan rings is 1. The van der Waals surface area contributed by atoms with E-state index < -0.39 is 26.7 Å². The number of nitro groups is 1. The van der Waals surface area contributed by atoms with Crippen LogP contribution in [-0.2, 0) is 16.6 Å². The van der Waals surface area contributed by atoms with Crippen molar-refractivity contribution in [1.82, 2.24) is 9.29 Å². The van der Waals surface area contributed by atoms with Gasteiger partial charge in [0.25, 0.3) is 5.91 Å². The van der Waals surface area contributed by atoms with E-state index in [0.717, 1.165) is 15.3 Å². The van der Waals surface area contributed by atoms with Crippen molar-refractivity contribution in [3.05, 3.63) is 112 Å². The molecule has 0 saturated heterocycles. The zero-order valence-corrected chi connectivity index (χ0v) is 24.6. The first kappa shape index (κ1) is 29.6. The van der Waals surface area contributed by atoms with E-state index in [-0.39, 0.29) is 34.4 Å². The molecule has 5 rings (SSSR count). The topological polar surface area (TPSA) is 148 Å². The molecule has 0 aliphatic rings. The van der Waals surface area contributed by atoms with Crippen molar-refractivity contribution in [1.29, 1.82) is 0 Å². The number of anilines is 1. The minimum atomic E-state index is -3.85. The standard InChI is InChI=1S/C29H25N5O7S2/c1-3-32(19-20-7-5-4-6-8-20)43(38,39)24-13-9-21(10-14-24)28(35)33(30-18-23-12-16-27(41-23)34(36)37)29-31-25-15-11-22(40-2)17-26(25)42-29/h4-18H,3,19H2,1-2H3/b30-18+. The Labute approximate surface area is 250 Å². The monoisotopic (exact) mass is 619 g/mol. The zero-order chi connectivity index (χ0) is 30.6. The maximum Gasteiger partial charge on any atom is 0.433 e. The summed E-state index contributed by atoms with van der Waals surface area (Å²) in [6.45, 7) is 2.22. The van der Waals surface area contributed by atoms with Crippen molar-refractivity contribution < 1.29 is 27.3 Å². The first-order valence-electron chi connectivity index (χ1n) is 12.9. The minimum Gasteiger partial charge on any atom is -0.497 e. The van der Waals surface area contributed by atoms with E-state index >= 15 is 0 Å². The second-order valence-corrected chi connectivity index (χ2v) is 12.0. The van der Waals surface area contributed by atoms with E-state index in [2.05, 4.69) is 10.1 Å². The number of hydrogen-bond donors (Lipinski definition) is 0. The van der Waals surface area contributed by atoms with Crippen LogP contribution < -0.4 is 9.75 Å².